The number of rotatable bonds is 11. The third-order valence-corrected chi connectivity index (χ3v) is 3.59. The highest BCUT2D eigenvalue weighted by molar-refractivity contribution is 5.17. The molecular formula is C15H26N2O3. The molecule has 0 saturated heterocycles. The van der Waals surface area contributed by atoms with Gasteiger partial charge in [0.15, 0.2) is 0 Å². The van der Waals surface area contributed by atoms with Crippen LogP contribution in [0.4, 0.5) is 0 Å². The quantitative estimate of drug-likeness (QED) is 0.668. The Balaban J connectivity index is 1.84. The molecule has 0 unspecified atom stereocenters. The highest BCUT2D eigenvalue weighted by Crippen LogP contribution is 2.20. The molecule has 1 fully saturated rings. The molecule has 0 aromatic carbocycles. The molecule has 0 bridgehead atoms. The lowest BCUT2D eigenvalue weighted by molar-refractivity contribution is 0.106. The minimum Gasteiger partial charge on any atom is -0.468 e. The van der Waals surface area contributed by atoms with Gasteiger partial charge in [0.25, 0.3) is 0 Å². The van der Waals surface area contributed by atoms with Crippen molar-refractivity contribution in [2.24, 2.45) is 0 Å². The third-order valence-electron chi connectivity index (χ3n) is 3.59. The van der Waals surface area contributed by atoms with Gasteiger partial charge in [0, 0.05) is 45.5 Å². The summed E-state index contributed by atoms with van der Waals surface area (Å²) in [6.07, 6.45) is 4.39. The van der Waals surface area contributed by atoms with Crippen molar-refractivity contribution >= 4 is 0 Å². The summed E-state index contributed by atoms with van der Waals surface area (Å²) in [5, 5.41) is 3.53. The van der Waals surface area contributed by atoms with Gasteiger partial charge in [-0.05, 0) is 18.9 Å². The molecule has 5 nitrogen and oxygen atoms in total. The highest BCUT2D eigenvalue weighted by Gasteiger charge is 2.21. The van der Waals surface area contributed by atoms with Crippen LogP contribution in [0.1, 0.15) is 24.2 Å². The van der Waals surface area contributed by atoms with Gasteiger partial charge in [-0.2, -0.15) is 0 Å². The lowest BCUT2D eigenvalue weighted by Crippen LogP contribution is -2.30. The van der Waals surface area contributed by atoms with Crippen LogP contribution in [0.25, 0.3) is 0 Å². The predicted molar refractivity (Wildman–Crippen MR) is 77.6 cm³/mol. The van der Waals surface area contributed by atoms with Gasteiger partial charge in [-0.25, -0.2) is 0 Å². The largest absolute Gasteiger partial charge is 0.468 e. The predicted octanol–water partition coefficient (Wildman–Crippen LogP) is 1.63. The second-order valence-electron chi connectivity index (χ2n) is 5.29. The smallest absolute Gasteiger partial charge is 0.122 e. The van der Waals surface area contributed by atoms with E-state index in [1.54, 1.807) is 20.5 Å². The Morgan fingerprint density at radius 1 is 1.25 bits per heavy atom. The van der Waals surface area contributed by atoms with E-state index in [2.05, 4.69) is 16.3 Å². The number of hydrogen-bond donors (Lipinski definition) is 1. The van der Waals surface area contributed by atoms with Crippen molar-refractivity contribution in [3.8, 4) is 0 Å². The van der Waals surface area contributed by atoms with Crippen LogP contribution in [0, 0.1) is 0 Å². The zero-order chi connectivity index (χ0) is 14.2. The average molecular weight is 282 g/mol. The monoisotopic (exact) mass is 282 g/mol. The minimum absolute atomic E-state index is 0.718. The fourth-order valence-corrected chi connectivity index (χ4v) is 2.12. The van der Waals surface area contributed by atoms with Gasteiger partial charge in [0.05, 0.1) is 26.0 Å². The third kappa shape index (κ3) is 5.25. The first-order valence-corrected chi connectivity index (χ1v) is 7.32. The normalized spacial score (nSPS) is 15.2. The van der Waals surface area contributed by atoms with E-state index in [4.69, 9.17) is 13.9 Å². The molecule has 5 heteroatoms. The highest BCUT2D eigenvalue weighted by atomic mass is 16.5. The lowest BCUT2D eigenvalue weighted by Gasteiger charge is -2.21. The lowest BCUT2D eigenvalue weighted by atomic mass is 10.2. The van der Waals surface area contributed by atoms with Crippen molar-refractivity contribution in [3.05, 3.63) is 23.7 Å². The van der Waals surface area contributed by atoms with Crippen LogP contribution in [0.15, 0.2) is 16.7 Å². The number of hydrogen-bond acceptors (Lipinski definition) is 5. The fraction of sp³-hybridized carbons (Fsp3) is 0.733. The number of methoxy groups -OCH3 is 2. The van der Waals surface area contributed by atoms with Crippen LogP contribution in [0.3, 0.4) is 0 Å². The molecule has 0 aliphatic heterocycles. The molecule has 114 valence electrons. The van der Waals surface area contributed by atoms with Crippen LogP contribution in [-0.2, 0) is 22.6 Å². The molecule has 1 N–H and O–H groups in total. The van der Waals surface area contributed by atoms with Crippen molar-refractivity contribution in [1.29, 1.82) is 0 Å². The molecule has 1 heterocycles. The van der Waals surface area contributed by atoms with E-state index >= 15 is 0 Å². The summed E-state index contributed by atoms with van der Waals surface area (Å²) in [5.74, 6) is 1.05. The Labute approximate surface area is 121 Å². The Morgan fingerprint density at radius 2 is 1.95 bits per heavy atom. The summed E-state index contributed by atoms with van der Waals surface area (Å²) in [6.45, 7) is 4.92. The van der Waals surface area contributed by atoms with Gasteiger partial charge in [-0.3, -0.25) is 4.90 Å². The average Bonchev–Trinajstić information content (AvgIpc) is 3.19. The second-order valence-corrected chi connectivity index (χ2v) is 5.29. The summed E-state index contributed by atoms with van der Waals surface area (Å²) in [6, 6.07) is 2.78. The van der Waals surface area contributed by atoms with E-state index in [1.165, 1.54) is 18.4 Å². The Bertz CT molecular complexity index is 369. The maximum Gasteiger partial charge on any atom is 0.122 e. The summed E-state index contributed by atoms with van der Waals surface area (Å²) in [4.78, 5) is 2.30. The summed E-state index contributed by atoms with van der Waals surface area (Å²) < 4.78 is 16.0. The van der Waals surface area contributed by atoms with Crippen LogP contribution >= 0.6 is 0 Å². The standard InChI is InChI=1S/C15H26N2O3/c1-18-9-6-17(7-10-19-2)12-15-13(5-8-20-15)11-16-14-3-4-14/h5,8,14,16H,3-4,6-7,9-12H2,1-2H3. The summed E-state index contributed by atoms with van der Waals surface area (Å²) >= 11 is 0. The van der Waals surface area contributed by atoms with Gasteiger partial charge < -0.3 is 19.2 Å². The zero-order valence-electron chi connectivity index (χ0n) is 12.6. The summed E-state index contributed by atoms with van der Waals surface area (Å²) in [7, 11) is 3.46. The number of ether oxygens (including phenoxy) is 2. The van der Waals surface area contributed by atoms with Gasteiger partial charge in [-0.1, -0.05) is 0 Å². The van der Waals surface area contributed by atoms with Crippen molar-refractivity contribution in [1.82, 2.24) is 10.2 Å². The van der Waals surface area contributed by atoms with Gasteiger partial charge >= 0.3 is 0 Å². The molecule has 0 amide bonds. The first kappa shape index (κ1) is 15.5. The molecule has 0 spiro atoms. The molecule has 0 radical (unpaired) electrons. The van der Waals surface area contributed by atoms with E-state index < -0.39 is 0 Å². The molecule has 1 aliphatic rings. The van der Waals surface area contributed by atoms with Crippen molar-refractivity contribution in [2.45, 2.75) is 32.0 Å². The molecular weight excluding hydrogens is 256 g/mol. The first-order valence-electron chi connectivity index (χ1n) is 7.32. The van der Waals surface area contributed by atoms with E-state index in [1.807, 2.05) is 0 Å². The van der Waals surface area contributed by atoms with E-state index in [9.17, 15) is 0 Å². The Hall–Kier alpha value is -0.880. The zero-order valence-corrected chi connectivity index (χ0v) is 12.6. The molecule has 20 heavy (non-hydrogen) atoms. The number of nitrogens with one attached hydrogen (secondary N) is 1. The van der Waals surface area contributed by atoms with Crippen LogP contribution < -0.4 is 5.32 Å². The maximum atomic E-state index is 5.64. The first-order chi connectivity index (χ1) is 9.83. The van der Waals surface area contributed by atoms with Crippen molar-refractivity contribution < 1.29 is 13.9 Å². The second kappa shape index (κ2) is 8.42. The van der Waals surface area contributed by atoms with Gasteiger partial charge in [0.1, 0.15) is 5.76 Å². The van der Waals surface area contributed by atoms with Crippen LogP contribution in [0.5, 0.6) is 0 Å². The molecule has 2 rings (SSSR count). The molecule has 1 saturated carbocycles. The summed E-state index contributed by atoms with van der Waals surface area (Å²) in [5.41, 5.74) is 1.26. The minimum atomic E-state index is 0.718. The van der Waals surface area contributed by atoms with Gasteiger partial charge in [-0.15, -0.1) is 0 Å². The van der Waals surface area contributed by atoms with Crippen LogP contribution in [-0.4, -0.2) is 51.5 Å². The topological polar surface area (TPSA) is 46.9 Å². The Kier molecular flexibility index (Phi) is 6.53. The van der Waals surface area contributed by atoms with E-state index in [0.29, 0.717) is 0 Å². The SMILES string of the molecule is COCCN(CCOC)Cc1occc1CNC1CC1. The van der Waals surface area contributed by atoms with Crippen molar-refractivity contribution in [3.63, 3.8) is 0 Å². The molecule has 1 aromatic rings. The maximum absolute atomic E-state index is 5.64. The van der Waals surface area contributed by atoms with Gasteiger partial charge in [0.2, 0.25) is 0 Å². The molecule has 0 atom stereocenters. The van der Waals surface area contributed by atoms with E-state index in [-0.39, 0.29) is 0 Å². The number of nitrogens with zero attached hydrogens (tertiary/aromatic N) is 1. The van der Waals surface area contributed by atoms with Crippen LogP contribution in [0.2, 0.25) is 0 Å². The Morgan fingerprint density at radius 3 is 2.55 bits per heavy atom. The molecule has 1 aliphatic carbocycles. The number of furan rings is 1. The van der Waals surface area contributed by atoms with E-state index in [0.717, 1.165) is 51.2 Å². The molecule has 1 aromatic heterocycles. The van der Waals surface area contributed by atoms with Crippen molar-refractivity contribution in [2.75, 3.05) is 40.5 Å². The fourth-order valence-electron chi connectivity index (χ4n) is 2.12.